The summed E-state index contributed by atoms with van der Waals surface area (Å²) in [5, 5.41) is 3.98. The third kappa shape index (κ3) is 1.72. The lowest BCUT2D eigenvalue weighted by molar-refractivity contribution is -0.122. The van der Waals surface area contributed by atoms with Crippen LogP contribution in [0.5, 0.6) is 0 Å². The van der Waals surface area contributed by atoms with Crippen molar-refractivity contribution in [2.45, 2.75) is 26.2 Å². The molecule has 0 spiro atoms. The van der Waals surface area contributed by atoms with Gasteiger partial charge in [-0.15, -0.1) is 6.58 Å². The Morgan fingerprint density at radius 3 is 3.08 bits per heavy atom. The highest BCUT2D eigenvalue weighted by Gasteiger charge is 2.27. The van der Waals surface area contributed by atoms with E-state index in [0.29, 0.717) is 6.42 Å². The van der Waals surface area contributed by atoms with Crippen molar-refractivity contribution in [3.05, 3.63) is 12.7 Å². The lowest BCUT2D eigenvalue weighted by atomic mass is 9.97. The first-order valence-electron chi connectivity index (χ1n) is 4.26. The van der Waals surface area contributed by atoms with Crippen LogP contribution >= 0.6 is 0 Å². The third-order valence-corrected chi connectivity index (χ3v) is 1.94. The van der Waals surface area contributed by atoms with E-state index in [1.165, 1.54) is 0 Å². The van der Waals surface area contributed by atoms with Crippen molar-refractivity contribution in [3.63, 3.8) is 0 Å². The Bertz CT molecular complexity index is 221. The smallest absolute Gasteiger partial charge is 0.249 e. The maximum absolute atomic E-state index is 11.2. The van der Waals surface area contributed by atoms with E-state index in [0.717, 1.165) is 18.6 Å². The van der Waals surface area contributed by atoms with Crippen molar-refractivity contribution >= 4 is 11.6 Å². The minimum absolute atomic E-state index is 0.0124. The first-order valence-corrected chi connectivity index (χ1v) is 4.26. The molecule has 0 saturated carbocycles. The Labute approximate surface area is 72.5 Å². The van der Waals surface area contributed by atoms with Crippen molar-refractivity contribution in [3.8, 4) is 0 Å². The number of nitrogens with zero attached hydrogens (tertiary/aromatic N) is 1. The molecule has 0 fully saturated rings. The Kier molecular flexibility index (Phi) is 3.02. The highest BCUT2D eigenvalue weighted by atomic mass is 16.2. The zero-order chi connectivity index (χ0) is 8.97. The second-order valence-electron chi connectivity index (χ2n) is 2.91. The van der Waals surface area contributed by atoms with Gasteiger partial charge in [-0.2, -0.15) is 5.10 Å². The summed E-state index contributed by atoms with van der Waals surface area (Å²) < 4.78 is 0. The summed E-state index contributed by atoms with van der Waals surface area (Å²) in [6, 6.07) is 0. The Hall–Kier alpha value is -1.12. The van der Waals surface area contributed by atoms with Crippen LogP contribution in [0.3, 0.4) is 0 Å². The summed E-state index contributed by atoms with van der Waals surface area (Å²) >= 11 is 0. The van der Waals surface area contributed by atoms with E-state index >= 15 is 0 Å². The zero-order valence-corrected chi connectivity index (χ0v) is 7.34. The van der Waals surface area contributed by atoms with Gasteiger partial charge in [-0.05, 0) is 12.8 Å². The number of rotatable bonds is 4. The molecule has 1 aliphatic rings. The van der Waals surface area contributed by atoms with Crippen LogP contribution in [0, 0.1) is 5.92 Å². The summed E-state index contributed by atoms with van der Waals surface area (Å²) in [5.74, 6) is -0.0409. The summed E-state index contributed by atoms with van der Waals surface area (Å²) in [5.41, 5.74) is 3.46. The number of hydrogen-bond acceptors (Lipinski definition) is 2. The molecule has 12 heavy (non-hydrogen) atoms. The van der Waals surface area contributed by atoms with Crippen molar-refractivity contribution in [1.82, 2.24) is 5.43 Å². The van der Waals surface area contributed by atoms with Crippen LogP contribution in [-0.4, -0.2) is 11.6 Å². The van der Waals surface area contributed by atoms with Crippen molar-refractivity contribution in [2.24, 2.45) is 11.0 Å². The van der Waals surface area contributed by atoms with Gasteiger partial charge in [-0.25, -0.2) is 5.43 Å². The van der Waals surface area contributed by atoms with Crippen LogP contribution in [0.25, 0.3) is 0 Å². The average Bonchev–Trinajstić information content (AvgIpc) is 2.37. The maximum Gasteiger partial charge on any atom is 0.249 e. The highest BCUT2D eigenvalue weighted by molar-refractivity contribution is 6.08. The Balaban J connectivity index is 2.60. The molecule has 0 aromatic carbocycles. The Morgan fingerprint density at radius 2 is 2.50 bits per heavy atom. The summed E-state index contributed by atoms with van der Waals surface area (Å²) in [6.45, 7) is 5.70. The molecule has 1 aliphatic heterocycles. The SMILES string of the molecule is C=CC[C@@H]1C(=O)NN=C1CCC. The number of carbonyl (C=O) groups is 1. The molecule has 0 aromatic rings. The number of hydrazone groups is 1. The Morgan fingerprint density at radius 1 is 1.75 bits per heavy atom. The first-order chi connectivity index (χ1) is 5.79. The normalized spacial score (nSPS) is 21.9. The molecule has 1 amide bonds. The molecule has 1 atom stereocenters. The molecule has 3 heteroatoms. The second-order valence-corrected chi connectivity index (χ2v) is 2.91. The highest BCUT2D eigenvalue weighted by Crippen LogP contribution is 2.15. The molecule has 0 saturated heterocycles. The number of amides is 1. The molecule has 1 rings (SSSR count). The van der Waals surface area contributed by atoms with Crippen LogP contribution < -0.4 is 5.43 Å². The third-order valence-electron chi connectivity index (χ3n) is 1.94. The van der Waals surface area contributed by atoms with E-state index in [-0.39, 0.29) is 11.8 Å². The molecule has 1 heterocycles. The quantitative estimate of drug-likeness (QED) is 0.631. The van der Waals surface area contributed by atoms with Gasteiger partial charge >= 0.3 is 0 Å². The predicted molar refractivity (Wildman–Crippen MR) is 48.8 cm³/mol. The molecule has 0 bridgehead atoms. The number of hydrogen-bond donors (Lipinski definition) is 1. The topological polar surface area (TPSA) is 41.5 Å². The maximum atomic E-state index is 11.2. The average molecular weight is 166 g/mol. The van der Waals surface area contributed by atoms with Gasteiger partial charge in [-0.3, -0.25) is 4.79 Å². The van der Waals surface area contributed by atoms with Crippen LogP contribution in [0.15, 0.2) is 17.8 Å². The van der Waals surface area contributed by atoms with Gasteiger partial charge in [0.15, 0.2) is 0 Å². The molecule has 1 N–H and O–H groups in total. The lowest BCUT2D eigenvalue weighted by Crippen LogP contribution is -2.22. The largest absolute Gasteiger partial charge is 0.272 e. The van der Waals surface area contributed by atoms with Crippen LogP contribution in [0.2, 0.25) is 0 Å². The van der Waals surface area contributed by atoms with Gasteiger partial charge in [0.2, 0.25) is 5.91 Å². The first kappa shape index (κ1) is 8.97. The van der Waals surface area contributed by atoms with Crippen molar-refractivity contribution in [2.75, 3.05) is 0 Å². The van der Waals surface area contributed by atoms with E-state index in [2.05, 4.69) is 24.0 Å². The van der Waals surface area contributed by atoms with E-state index in [1.54, 1.807) is 6.08 Å². The monoisotopic (exact) mass is 166 g/mol. The van der Waals surface area contributed by atoms with E-state index < -0.39 is 0 Å². The van der Waals surface area contributed by atoms with Gasteiger partial charge in [0.25, 0.3) is 0 Å². The summed E-state index contributed by atoms with van der Waals surface area (Å²) in [6.07, 6.45) is 4.39. The molecule has 66 valence electrons. The van der Waals surface area contributed by atoms with Gasteiger partial charge in [0.1, 0.15) is 0 Å². The minimum atomic E-state index is -0.0533. The van der Waals surface area contributed by atoms with Crippen LogP contribution in [0.1, 0.15) is 26.2 Å². The fraction of sp³-hybridized carbons (Fsp3) is 0.556. The minimum Gasteiger partial charge on any atom is -0.272 e. The van der Waals surface area contributed by atoms with E-state index in [1.807, 2.05) is 0 Å². The molecule has 0 unspecified atom stereocenters. The van der Waals surface area contributed by atoms with Crippen molar-refractivity contribution in [1.29, 1.82) is 0 Å². The lowest BCUT2D eigenvalue weighted by Gasteiger charge is -2.05. The summed E-state index contributed by atoms with van der Waals surface area (Å²) in [4.78, 5) is 11.2. The van der Waals surface area contributed by atoms with Crippen LogP contribution in [0.4, 0.5) is 0 Å². The molecular formula is C9H14N2O. The molecule has 0 radical (unpaired) electrons. The second kappa shape index (κ2) is 4.04. The predicted octanol–water partition coefficient (Wildman–Crippen LogP) is 1.46. The van der Waals surface area contributed by atoms with E-state index in [9.17, 15) is 4.79 Å². The fourth-order valence-electron chi connectivity index (χ4n) is 1.33. The zero-order valence-electron chi connectivity index (χ0n) is 7.34. The standard InChI is InChI=1S/C9H14N2O/c1-3-5-7-8(6-4-2)10-11-9(7)12/h3,7H,1,4-6H2,2H3,(H,11,12)/t7-/m0/s1. The van der Waals surface area contributed by atoms with E-state index in [4.69, 9.17) is 0 Å². The number of carbonyl (C=O) groups excluding carboxylic acids is 1. The summed E-state index contributed by atoms with van der Waals surface area (Å²) in [7, 11) is 0. The fourth-order valence-corrected chi connectivity index (χ4v) is 1.33. The van der Waals surface area contributed by atoms with Crippen LogP contribution in [-0.2, 0) is 4.79 Å². The van der Waals surface area contributed by atoms with Gasteiger partial charge in [-0.1, -0.05) is 19.4 Å². The molecular weight excluding hydrogens is 152 g/mol. The van der Waals surface area contributed by atoms with Gasteiger partial charge in [0, 0.05) is 0 Å². The molecule has 3 nitrogen and oxygen atoms in total. The van der Waals surface area contributed by atoms with Gasteiger partial charge in [0.05, 0.1) is 11.6 Å². The molecule has 0 aliphatic carbocycles. The number of allylic oxidation sites excluding steroid dienone is 1. The van der Waals surface area contributed by atoms with Crippen molar-refractivity contribution < 1.29 is 4.79 Å². The molecule has 0 aromatic heterocycles. The van der Waals surface area contributed by atoms with Gasteiger partial charge < -0.3 is 0 Å². The number of nitrogens with one attached hydrogen (secondary N) is 1.